The third kappa shape index (κ3) is 4.30. The van der Waals surface area contributed by atoms with Crippen LogP contribution >= 0.6 is 22.6 Å². The third-order valence-electron chi connectivity index (χ3n) is 1.90. The van der Waals surface area contributed by atoms with Gasteiger partial charge in [-0.05, 0) is 47.4 Å². The highest BCUT2D eigenvalue weighted by Crippen LogP contribution is 2.13. The molecular weight excluding hydrogens is 271 g/mol. The zero-order valence-electron chi connectivity index (χ0n) is 7.59. The molecule has 0 fully saturated rings. The zero-order valence-corrected chi connectivity index (χ0v) is 9.75. The molecule has 0 spiro atoms. The summed E-state index contributed by atoms with van der Waals surface area (Å²) in [5.41, 5.74) is 4.32. The van der Waals surface area contributed by atoms with Gasteiger partial charge >= 0.3 is 0 Å². The van der Waals surface area contributed by atoms with E-state index < -0.39 is 0 Å². The Morgan fingerprint density at radius 1 is 1.31 bits per heavy atom. The van der Waals surface area contributed by atoms with Crippen LogP contribution in [-0.2, 0) is 6.42 Å². The molecule has 13 heavy (non-hydrogen) atoms. The molecular formula is C12H13I. The first-order valence-corrected chi connectivity index (χ1v) is 5.49. The highest BCUT2D eigenvalue weighted by molar-refractivity contribution is 14.1. The van der Waals surface area contributed by atoms with Crippen molar-refractivity contribution in [2.24, 2.45) is 0 Å². The van der Waals surface area contributed by atoms with E-state index in [1.165, 1.54) is 15.6 Å². The van der Waals surface area contributed by atoms with Gasteiger partial charge in [0.1, 0.15) is 0 Å². The molecule has 0 saturated carbocycles. The molecule has 0 aliphatic rings. The van der Waals surface area contributed by atoms with Gasteiger partial charge in [-0.15, -0.1) is 5.73 Å². The molecule has 0 radical (unpaired) electrons. The summed E-state index contributed by atoms with van der Waals surface area (Å²) in [6.07, 6.45) is 3.43. The smallest absolute Gasteiger partial charge is 0.0317 e. The van der Waals surface area contributed by atoms with E-state index in [0.29, 0.717) is 0 Å². The summed E-state index contributed by atoms with van der Waals surface area (Å²) in [5.74, 6) is 0. The fourth-order valence-corrected chi connectivity index (χ4v) is 1.56. The second kappa shape index (κ2) is 6.01. The van der Waals surface area contributed by atoms with Gasteiger partial charge in [0.05, 0.1) is 0 Å². The molecule has 0 heterocycles. The molecule has 0 nitrogen and oxygen atoms in total. The lowest BCUT2D eigenvalue weighted by Crippen LogP contribution is -1.83. The number of halogens is 1. The number of aryl methyl sites for hydroxylation is 1. The van der Waals surface area contributed by atoms with Crippen LogP contribution in [0, 0.1) is 0 Å². The summed E-state index contributed by atoms with van der Waals surface area (Å²) in [7, 11) is 0. The van der Waals surface area contributed by atoms with E-state index in [2.05, 4.69) is 65.2 Å². The van der Waals surface area contributed by atoms with Crippen LogP contribution in [0.25, 0.3) is 0 Å². The lowest BCUT2D eigenvalue weighted by atomic mass is 10.1. The monoisotopic (exact) mass is 284 g/mol. The number of hydrogen-bond acceptors (Lipinski definition) is 0. The Labute approximate surface area is 93.5 Å². The molecule has 0 atom stereocenters. The van der Waals surface area contributed by atoms with Gasteiger partial charge in [-0.1, -0.05) is 36.9 Å². The summed E-state index contributed by atoms with van der Waals surface area (Å²) in [6, 6.07) is 10.6. The highest BCUT2D eigenvalue weighted by atomic mass is 127. The van der Waals surface area contributed by atoms with E-state index in [4.69, 9.17) is 0 Å². The summed E-state index contributed by atoms with van der Waals surface area (Å²) in [6.45, 7) is 3.62. The van der Waals surface area contributed by atoms with Crippen LogP contribution in [-0.4, -0.2) is 0 Å². The minimum atomic E-state index is 1.10. The Balaban J connectivity index is 2.32. The van der Waals surface area contributed by atoms with Crippen LogP contribution in [0.3, 0.4) is 0 Å². The van der Waals surface area contributed by atoms with Crippen LogP contribution in [0.1, 0.15) is 18.4 Å². The molecule has 0 aromatic heterocycles. The molecule has 1 rings (SSSR count). The van der Waals surface area contributed by atoms with Crippen molar-refractivity contribution >= 4 is 22.6 Å². The quantitative estimate of drug-likeness (QED) is 0.576. The minimum absolute atomic E-state index is 1.10. The highest BCUT2D eigenvalue weighted by Gasteiger charge is 1.93. The number of allylic oxidation sites excluding steroid dienone is 1. The first-order chi connectivity index (χ1) is 6.33. The summed E-state index contributed by atoms with van der Waals surface area (Å²) < 4.78 is 1.23. The van der Waals surface area contributed by atoms with E-state index in [1.807, 2.05) is 0 Å². The van der Waals surface area contributed by atoms with E-state index in [9.17, 15) is 0 Å². The van der Waals surface area contributed by atoms with Crippen molar-refractivity contribution in [1.82, 2.24) is 0 Å². The molecule has 0 aliphatic carbocycles. The normalized spacial score (nSPS) is 9.31. The summed E-state index contributed by atoms with van der Waals surface area (Å²) in [4.78, 5) is 0. The number of benzene rings is 1. The summed E-state index contributed by atoms with van der Waals surface area (Å²) >= 11 is 2.29. The average Bonchev–Trinajstić information content (AvgIpc) is 2.19. The molecule has 0 aliphatic heterocycles. The van der Waals surface area contributed by atoms with E-state index in [-0.39, 0.29) is 0 Å². The standard InChI is InChI=1S/C12H13I/c1-2-12(13)10-6-9-11-7-4-3-5-8-11/h3-5,7-8H,1,6,9-10H2. The maximum absolute atomic E-state index is 3.62. The predicted octanol–water partition coefficient (Wildman–Crippen LogP) is 4.11. The van der Waals surface area contributed by atoms with Crippen molar-refractivity contribution < 1.29 is 0 Å². The fourth-order valence-electron chi connectivity index (χ4n) is 1.18. The molecule has 1 aromatic carbocycles. The van der Waals surface area contributed by atoms with Gasteiger partial charge in [0.15, 0.2) is 0 Å². The molecule has 0 N–H and O–H groups in total. The van der Waals surface area contributed by atoms with Crippen molar-refractivity contribution in [2.75, 3.05) is 0 Å². The lowest BCUT2D eigenvalue weighted by molar-refractivity contribution is 0.841. The maximum Gasteiger partial charge on any atom is 0.0317 e. The van der Waals surface area contributed by atoms with Gasteiger partial charge < -0.3 is 0 Å². The van der Waals surface area contributed by atoms with Crippen LogP contribution < -0.4 is 0 Å². The van der Waals surface area contributed by atoms with Gasteiger partial charge in [-0.3, -0.25) is 0 Å². The van der Waals surface area contributed by atoms with Gasteiger partial charge in [0.2, 0.25) is 0 Å². The largest absolute Gasteiger partial charge is 0.119 e. The number of hydrogen-bond donors (Lipinski definition) is 0. The van der Waals surface area contributed by atoms with E-state index in [1.54, 1.807) is 0 Å². The topological polar surface area (TPSA) is 0 Å². The Kier molecular flexibility index (Phi) is 4.87. The average molecular weight is 284 g/mol. The molecule has 0 unspecified atom stereocenters. The van der Waals surface area contributed by atoms with Gasteiger partial charge in [-0.25, -0.2) is 0 Å². The Morgan fingerprint density at radius 2 is 2.00 bits per heavy atom. The lowest BCUT2D eigenvalue weighted by Gasteiger charge is -1.99. The second-order valence-electron chi connectivity index (χ2n) is 2.92. The molecule has 0 saturated heterocycles. The molecule has 1 aromatic rings. The molecule has 1 heteroatoms. The molecule has 68 valence electrons. The fraction of sp³-hybridized carbons (Fsp3) is 0.250. The van der Waals surface area contributed by atoms with Crippen LogP contribution in [0.5, 0.6) is 0 Å². The first-order valence-electron chi connectivity index (χ1n) is 4.41. The predicted molar refractivity (Wildman–Crippen MR) is 66.1 cm³/mol. The zero-order chi connectivity index (χ0) is 9.52. The Morgan fingerprint density at radius 3 is 2.62 bits per heavy atom. The van der Waals surface area contributed by atoms with Crippen molar-refractivity contribution in [2.45, 2.75) is 19.3 Å². The van der Waals surface area contributed by atoms with Gasteiger partial charge in [0.25, 0.3) is 0 Å². The SMILES string of the molecule is C=C=C(I)CCCc1ccccc1. The van der Waals surface area contributed by atoms with Gasteiger partial charge in [-0.2, -0.15) is 0 Å². The van der Waals surface area contributed by atoms with Crippen LogP contribution in [0.2, 0.25) is 0 Å². The van der Waals surface area contributed by atoms with Gasteiger partial charge in [0, 0.05) is 3.58 Å². The Bertz CT molecular complexity index is 294. The van der Waals surface area contributed by atoms with Crippen LogP contribution in [0.4, 0.5) is 0 Å². The van der Waals surface area contributed by atoms with Crippen molar-refractivity contribution in [3.05, 3.63) is 51.8 Å². The van der Waals surface area contributed by atoms with Crippen LogP contribution in [0.15, 0.2) is 46.2 Å². The van der Waals surface area contributed by atoms with E-state index in [0.717, 1.165) is 12.8 Å². The minimum Gasteiger partial charge on any atom is -0.119 e. The first kappa shape index (κ1) is 10.6. The molecule has 0 bridgehead atoms. The molecule has 0 amide bonds. The third-order valence-corrected chi connectivity index (χ3v) is 2.82. The maximum atomic E-state index is 3.62. The van der Waals surface area contributed by atoms with Crippen molar-refractivity contribution in [1.29, 1.82) is 0 Å². The number of rotatable bonds is 4. The van der Waals surface area contributed by atoms with Crippen molar-refractivity contribution in [3.63, 3.8) is 0 Å². The Hall–Kier alpha value is -0.530. The second-order valence-corrected chi connectivity index (χ2v) is 4.22. The summed E-state index contributed by atoms with van der Waals surface area (Å²) in [5, 5.41) is 0. The van der Waals surface area contributed by atoms with Crippen molar-refractivity contribution in [3.8, 4) is 0 Å². The van der Waals surface area contributed by atoms with E-state index >= 15 is 0 Å².